The Morgan fingerprint density at radius 3 is 2.09 bits per heavy atom. The summed E-state index contributed by atoms with van der Waals surface area (Å²) in [6.07, 6.45) is -1.13. The van der Waals surface area contributed by atoms with E-state index in [0.29, 0.717) is 24.4 Å². The van der Waals surface area contributed by atoms with Gasteiger partial charge in [-0.3, -0.25) is 33.9 Å². The van der Waals surface area contributed by atoms with Crippen LogP contribution in [0.1, 0.15) is 59.8 Å². The molecule has 0 radical (unpaired) electrons. The fraction of sp³-hybridized carbons (Fsp3) is 0.552. The summed E-state index contributed by atoms with van der Waals surface area (Å²) in [5.74, 6) is -2.94. The van der Waals surface area contributed by atoms with E-state index in [0.717, 1.165) is 45.6 Å². The van der Waals surface area contributed by atoms with Crippen molar-refractivity contribution in [3.8, 4) is 17.0 Å². The zero-order valence-electron chi connectivity index (χ0n) is 25.5. The van der Waals surface area contributed by atoms with Gasteiger partial charge in [0.15, 0.2) is 12.2 Å². The monoisotopic (exact) mass is 634 g/mol. The van der Waals surface area contributed by atoms with Gasteiger partial charge in [-0.15, -0.1) is 5.10 Å². The number of aromatic nitrogens is 3. The minimum Gasteiger partial charge on any atom is -0.463 e. The maximum atomic E-state index is 12.0. The number of nitrogens with zero attached hydrogens (tertiary/aromatic N) is 3. The number of rotatable bonds is 15. The fourth-order valence-electron chi connectivity index (χ4n) is 4.63. The third-order valence-corrected chi connectivity index (χ3v) is 6.55. The third-order valence-electron chi connectivity index (χ3n) is 6.55. The summed E-state index contributed by atoms with van der Waals surface area (Å²) in [6.45, 7) is 4.89. The van der Waals surface area contributed by atoms with Crippen molar-refractivity contribution in [3.63, 3.8) is 0 Å². The molecule has 0 bridgehead atoms. The number of hydroxylamine groups is 1. The van der Waals surface area contributed by atoms with E-state index in [1.54, 1.807) is 40.6 Å². The van der Waals surface area contributed by atoms with Crippen molar-refractivity contribution in [1.82, 2.24) is 20.5 Å². The Kier molecular flexibility index (Phi) is 13.2. The Bertz CT molecular complexity index is 1310. The molecule has 3 rings (SSSR count). The van der Waals surface area contributed by atoms with Crippen LogP contribution < -0.4 is 10.2 Å². The SMILES string of the molecule is CC(=O)OC[C@H]1O[C@H](Oc2ccc(-c3cn(CCCCCCC(=O)NO)nn3)cc2)[C@@H](OC(C)=O)[C@@H](OC(C)=O)[C@@H]1OC(C)=O. The fourth-order valence-corrected chi connectivity index (χ4v) is 4.63. The van der Waals surface area contributed by atoms with Crippen molar-refractivity contribution in [1.29, 1.82) is 0 Å². The Morgan fingerprint density at radius 1 is 0.844 bits per heavy atom. The average Bonchev–Trinajstić information content (AvgIpc) is 3.45. The summed E-state index contributed by atoms with van der Waals surface area (Å²) in [5.41, 5.74) is 2.98. The highest BCUT2D eigenvalue weighted by molar-refractivity contribution is 5.74. The second kappa shape index (κ2) is 17.1. The molecule has 1 aliphatic heterocycles. The first-order valence-corrected chi connectivity index (χ1v) is 14.4. The van der Waals surface area contributed by atoms with E-state index in [9.17, 15) is 24.0 Å². The molecule has 5 atom stereocenters. The van der Waals surface area contributed by atoms with Crippen LogP contribution in [0, 0.1) is 0 Å². The summed E-state index contributed by atoms with van der Waals surface area (Å²) in [5, 5.41) is 16.9. The normalized spacial score (nSPS) is 20.9. The molecule has 0 aliphatic carbocycles. The molecule has 16 nitrogen and oxygen atoms in total. The highest BCUT2D eigenvalue weighted by Gasteiger charge is 2.53. The van der Waals surface area contributed by atoms with Crippen LogP contribution in [-0.4, -0.2) is 87.3 Å². The van der Waals surface area contributed by atoms with E-state index in [2.05, 4.69) is 10.3 Å². The van der Waals surface area contributed by atoms with Gasteiger partial charge in [-0.1, -0.05) is 18.1 Å². The summed E-state index contributed by atoms with van der Waals surface area (Å²) < 4.78 is 35.0. The van der Waals surface area contributed by atoms with Gasteiger partial charge < -0.3 is 28.4 Å². The lowest BCUT2D eigenvalue weighted by atomic mass is 9.98. The van der Waals surface area contributed by atoms with E-state index in [-0.39, 0.29) is 13.0 Å². The van der Waals surface area contributed by atoms with E-state index in [1.165, 1.54) is 6.92 Å². The molecule has 45 heavy (non-hydrogen) atoms. The second-order valence-electron chi connectivity index (χ2n) is 10.3. The number of aryl methyl sites for hydroxylation is 1. The Hall–Kier alpha value is -4.57. The third kappa shape index (κ3) is 11.1. The quantitative estimate of drug-likeness (QED) is 0.0944. The lowest BCUT2D eigenvalue weighted by molar-refractivity contribution is -0.288. The number of carbonyl (C=O) groups excluding carboxylic acids is 5. The standard InChI is InChI=1S/C29H38N4O12/c1-17(34)40-16-24-26(41-18(2)35)27(42-19(3)36)28(43-20(4)37)29(45-24)44-22-12-10-21(11-13-22)23-15-33(32-30-23)14-8-6-5-7-9-25(38)31-39/h10-13,15,24,26-29,39H,5-9,14,16H2,1-4H3,(H,31,38)/t24-,26-,27+,28+,29+/m1/s1. The zero-order valence-corrected chi connectivity index (χ0v) is 25.5. The molecule has 1 fully saturated rings. The molecule has 1 aliphatic rings. The summed E-state index contributed by atoms with van der Waals surface area (Å²) in [7, 11) is 0. The van der Waals surface area contributed by atoms with Crippen LogP contribution in [0.2, 0.25) is 0 Å². The van der Waals surface area contributed by atoms with Crippen LogP contribution in [0.25, 0.3) is 11.3 Å². The smallest absolute Gasteiger partial charge is 0.303 e. The van der Waals surface area contributed by atoms with E-state index in [1.807, 2.05) is 0 Å². The molecule has 1 amide bonds. The largest absolute Gasteiger partial charge is 0.463 e. The average molecular weight is 635 g/mol. The van der Waals surface area contributed by atoms with Crippen LogP contribution in [-0.2, 0) is 54.2 Å². The first kappa shape index (κ1) is 34.9. The van der Waals surface area contributed by atoms with E-state index < -0.39 is 60.5 Å². The summed E-state index contributed by atoms with van der Waals surface area (Å²) in [4.78, 5) is 58.5. The molecule has 2 aromatic rings. The second-order valence-corrected chi connectivity index (χ2v) is 10.3. The van der Waals surface area contributed by atoms with Crippen molar-refractivity contribution in [3.05, 3.63) is 30.5 Å². The number of ether oxygens (including phenoxy) is 6. The number of esters is 4. The molecule has 0 saturated carbocycles. The van der Waals surface area contributed by atoms with E-state index >= 15 is 0 Å². The van der Waals surface area contributed by atoms with Crippen LogP contribution in [0.3, 0.4) is 0 Å². The Balaban J connectivity index is 1.72. The number of nitrogens with one attached hydrogen (secondary N) is 1. The maximum absolute atomic E-state index is 12.0. The summed E-state index contributed by atoms with van der Waals surface area (Å²) >= 11 is 0. The molecular weight excluding hydrogens is 596 g/mol. The first-order chi connectivity index (χ1) is 21.5. The lowest BCUT2D eigenvalue weighted by Gasteiger charge is -2.43. The first-order valence-electron chi connectivity index (χ1n) is 14.4. The van der Waals surface area contributed by atoms with Gasteiger partial charge in [0.05, 0.1) is 6.20 Å². The van der Waals surface area contributed by atoms with Crippen molar-refractivity contribution >= 4 is 29.8 Å². The predicted octanol–water partition coefficient (Wildman–Crippen LogP) is 1.86. The van der Waals surface area contributed by atoms with E-state index in [4.69, 9.17) is 33.6 Å². The highest BCUT2D eigenvalue weighted by atomic mass is 16.7. The Morgan fingerprint density at radius 2 is 1.47 bits per heavy atom. The number of carbonyl (C=O) groups is 5. The van der Waals surface area contributed by atoms with Gasteiger partial charge in [-0.2, -0.15) is 0 Å². The van der Waals surface area contributed by atoms with Gasteiger partial charge in [-0.25, -0.2) is 5.48 Å². The molecule has 1 aromatic carbocycles. The number of benzene rings is 1. The van der Waals surface area contributed by atoms with Crippen LogP contribution >= 0.6 is 0 Å². The van der Waals surface area contributed by atoms with Crippen LogP contribution in [0.5, 0.6) is 5.75 Å². The van der Waals surface area contributed by atoms with Gasteiger partial charge >= 0.3 is 23.9 Å². The number of hydrogen-bond donors (Lipinski definition) is 2. The predicted molar refractivity (Wildman–Crippen MR) is 151 cm³/mol. The molecule has 2 N–H and O–H groups in total. The topological polar surface area (TPSA) is 204 Å². The van der Waals surface area contributed by atoms with Crippen molar-refractivity contribution in [2.45, 2.75) is 97.0 Å². The van der Waals surface area contributed by atoms with Crippen LogP contribution in [0.4, 0.5) is 0 Å². The highest BCUT2D eigenvalue weighted by Crippen LogP contribution is 2.31. The maximum Gasteiger partial charge on any atom is 0.303 e. The summed E-state index contributed by atoms with van der Waals surface area (Å²) in [6, 6.07) is 6.73. The molecule has 2 heterocycles. The Labute approximate surface area is 259 Å². The minimum absolute atomic E-state index is 0.275. The molecular formula is C29H38N4O12. The van der Waals surface area contributed by atoms with Gasteiger partial charge in [0.2, 0.25) is 18.3 Å². The number of hydrogen-bond acceptors (Lipinski definition) is 14. The lowest BCUT2D eigenvalue weighted by Crippen LogP contribution is -2.63. The van der Waals surface area contributed by atoms with Crippen molar-refractivity contribution in [2.75, 3.05) is 6.61 Å². The van der Waals surface area contributed by atoms with Gasteiger partial charge in [0.1, 0.15) is 24.2 Å². The van der Waals surface area contributed by atoms with Gasteiger partial charge in [-0.05, 0) is 37.1 Å². The minimum atomic E-state index is -1.35. The molecule has 1 aromatic heterocycles. The van der Waals surface area contributed by atoms with Gasteiger partial charge in [0, 0.05) is 46.2 Å². The number of unbranched alkanes of at least 4 members (excludes halogenated alkanes) is 3. The molecule has 16 heteroatoms. The number of amides is 1. The van der Waals surface area contributed by atoms with Crippen molar-refractivity contribution in [2.24, 2.45) is 0 Å². The zero-order chi connectivity index (χ0) is 32.9. The molecule has 246 valence electrons. The molecule has 0 unspecified atom stereocenters. The van der Waals surface area contributed by atoms with Crippen molar-refractivity contribution < 1.29 is 57.6 Å². The van der Waals surface area contributed by atoms with Crippen LogP contribution in [0.15, 0.2) is 30.5 Å². The van der Waals surface area contributed by atoms with Gasteiger partial charge in [0.25, 0.3) is 0 Å². The molecule has 0 spiro atoms. The molecule has 1 saturated heterocycles.